The number of hydrogen-bond donors (Lipinski definition) is 29. The van der Waals surface area contributed by atoms with E-state index in [1.54, 1.807) is 0 Å². The zero-order valence-corrected chi connectivity index (χ0v) is 52.3. The summed E-state index contributed by atoms with van der Waals surface area (Å²) in [7, 11) is 0. The number of aliphatic hydroxyl groups is 29. The summed E-state index contributed by atoms with van der Waals surface area (Å²) >= 11 is 0. The van der Waals surface area contributed by atoms with Crippen molar-refractivity contribution in [2.75, 3.05) is 59.5 Å². The minimum Gasteiger partial charge on any atom is -0.394 e. The average Bonchev–Trinajstić information content (AvgIpc) is 0.777. The van der Waals surface area contributed by atoms with Crippen LogP contribution in [0.15, 0.2) is 0 Å². The topological polar surface area (TPSA) is 744 Å². The quantitative estimate of drug-likeness (QED) is 0.0404. The minimum atomic E-state index is -2.30. The molecule has 0 spiro atoms. The van der Waals surface area contributed by atoms with Gasteiger partial charge in [-0.05, 0) is 0 Å². The molecule has 9 fully saturated rings. The lowest BCUT2D eigenvalue weighted by molar-refractivity contribution is -0.400. The Morgan fingerprint density at radius 3 is 0.460 bits per heavy atom. The molecule has 0 aliphatic carbocycles. The first-order valence-electron chi connectivity index (χ1n) is 31.7. The Morgan fingerprint density at radius 2 is 0.290 bits per heavy atom. The third kappa shape index (κ3) is 16.7. The van der Waals surface area contributed by atoms with Gasteiger partial charge in [0, 0.05) is 0 Å². The molecule has 29 N–H and O–H groups in total. The normalized spacial score (nSPS) is 53.7. The van der Waals surface area contributed by atoms with Crippen LogP contribution in [-0.4, -0.2) is 484 Å². The SMILES string of the molecule is OCC1OC(OC2C(CO)OC(OC3C(CO)OC(OC4C(CO)OC(OC5C(CO)OC(OC6C(CO)OC(OC7C(CO)OC(OC8C(CO)OC(OC9C(CO)OC(O)C(O)C9O)C(O)C8O)C(O)C7O)C(O)C6O)C(O)C5O)C(O)C4O)C(O)C3O)C(O)C2O)C(O)C(O)C1O. The molecule has 0 aromatic heterocycles. The number of ether oxygens (including phenoxy) is 17. The van der Waals surface area contributed by atoms with E-state index in [9.17, 15) is 148 Å². The van der Waals surface area contributed by atoms with Gasteiger partial charge in [0.15, 0.2) is 56.6 Å². The van der Waals surface area contributed by atoms with E-state index in [0.717, 1.165) is 0 Å². The zero-order chi connectivity index (χ0) is 73.4. The molecule has 584 valence electrons. The average molecular weight is 1480 g/mol. The molecule has 45 unspecified atom stereocenters. The Labute approximate surface area is 563 Å². The van der Waals surface area contributed by atoms with Gasteiger partial charge in [0.1, 0.15) is 220 Å². The molecule has 9 rings (SSSR count). The lowest BCUT2D eigenvalue weighted by Crippen LogP contribution is -2.68. The molecule has 9 heterocycles. The highest BCUT2D eigenvalue weighted by Gasteiger charge is 2.60. The minimum absolute atomic E-state index is 0.862. The largest absolute Gasteiger partial charge is 0.394 e. The standard InChI is InChI=1S/C54H92O46/c55-1-10-19(64)20(65)30(75)47(85-10)94-39-12(3-57)87-49(32(77)22(39)67)96-41-14(5-59)89-51(34(79)24(41)69)98-43-16(7-61)91-53(36(81)26(43)71)100-45-18(9-63)92-54(37(82)28(45)73)99-44-17(8-62)90-52(35(80)27(44)72)97-42-15(6-60)88-50(33(78)25(42)70)95-40-13(4-58)86-48(31(76)23(40)68)93-38-11(2-56)84-46(83)29(74)21(38)66/h10-83H,1-9H2. The third-order valence-corrected chi connectivity index (χ3v) is 18.8. The second-order valence-electron chi connectivity index (χ2n) is 25.2. The molecule has 0 aromatic rings. The van der Waals surface area contributed by atoms with Crippen molar-refractivity contribution in [1.82, 2.24) is 0 Å². The predicted octanol–water partition coefficient (Wildman–Crippen LogP) is -20.6. The molecule has 0 bridgehead atoms. The van der Waals surface area contributed by atoms with E-state index in [-0.39, 0.29) is 0 Å². The van der Waals surface area contributed by atoms with E-state index in [1.165, 1.54) is 0 Å². The molecule has 0 radical (unpaired) electrons. The maximum atomic E-state index is 11.5. The highest BCUT2D eigenvalue weighted by Crippen LogP contribution is 2.40. The first-order valence-corrected chi connectivity index (χ1v) is 31.7. The van der Waals surface area contributed by atoms with Gasteiger partial charge in [0.2, 0.25) is 0 Å². The van der Waals surface area contributed by atoms with Crippen LogP contribution in [0.1, 0.15) is 0 Å². The third-order valence-electron chi connectivity index (χ3n) is 18.8. The summed E-state index contributed by atoms with van der Waals surface area (Å²) in [6, 6.07) is 0. The molecule has 100 heavy (non-hydrogen) atoms. The van der Waals surface area contributed by atoms with Crippen LogP contribution in [0.25, 0.3) is 0 Å². The number of rotatable bonds is 25. The second kappa shape index (κ2) is 35.5. The van der Waals surface area contributed by atoms with Gasteiger partial charge in [0.05, 0.1) is 59.5 Å². The van der Waals surface area contributed by atoms with Crippen molar-refractivity contribution in [3.05, 3.63) is 0 Å². The number of hydrogen-bond acceptors (Lipinski definition) is 46. The monoisotopic (exact) mass is 1480 g/mol. The van der Waals surface area contributed by atoms with Crippen molar-refractivity contribution in [1.29, 1.82) is 0 Å². The molecule has 0 aromatic carbocycles. The Balaban J connectivity index is 0.771. The lowest BCUT2D eigenvalue weighted by atomic mass is 9.95. The maximum absolute atomic E-state index is 11.5. The summed E-state index contributed by atoms with van der Waals surface area (Å²) in [5.74, 6) is 0. The van der Waals surface area contributed by atoms with Gasteiger partial charge in [-0.1, -0.05) is 0 Å². The Kier molecular flexibility index (Phi) is 29.2. The van der Waals surface area contributed by atoms with Crippen molar-refractivity contribution in [3.63, 3.8) is 0 Å². The fraction of sp³-hybridized carbons (Fsp3) is 1.00. The highest BCUT2D eigenvalue weighted by molar-refractivity contribution is 5.02. The maximum Gasteiger partial charge on any atom is 0.187 e. The van der Waals surface area contributed by atoms with Gasteiger partial charge in [0.25, 0.3) is 0 Å². The van der Waals surface area contributed by atoms with Crippen LogP contribution in [0.4, 0.5) is 0 Å². The zero-order valence-electron chi connectivity index (χ0n) is 52.3. The molecular formula is C54H92O46. The second-order valence-corrected chi connectivity index (χ2v) is 25.2. The van der Waals surface area contributed by atoms with E-state index >= 15 is 0 Å². The molecule has 0 saturated carbocycles. The molecule has 45 atom stereocenters. The first kappa shape index (κ1) is 82.2. The molecule has 9 saturated heterocycles. The highest BCUT2D eigenvalue weighted by atomic mass is 16.8. The van der Waals surface area contributed by atoms with Gasteiger partial charge >= 0.3 is 0 Å². The van der Waals surface area contributed by atoms with Crippen LogP contribution in [0.2, 0.25) is 0 Å². The van der Waals surface area contributed by atoms with Gasteiger partial charge < -0.3 is 229 Å². The van der Waals surface area contributed by atoms with Crippen LogP contribution in [0.5, 0.6) is 0 Å². The summed E-state index contributed by atoms with van der Waals surface area (Å²) in [6.07, 6.45) is -89.5. The van der Waals surface area contributed by atoms with Crippen molar-refractivity contribution in [2.45, 2.75) is 276 Å². The summed E-state index contributed by atoms with van der Waals surface area (Å²) < 4.78 is 94.9. The van der Waals surface area contributed by atoms with Crippen molar-refractivity contribution in [2.24, 2.45) is 0 Å². The van der Waals surface area contributed by atoms with Crippen LogP contribution < -0.4 is 0 Å². The van der Waals surface area contributed by atoms with Gasteiger partial charge in [-0.15, -0.1) is 0 Å². The fourth-order valence-corrected chi connectivity index (χ4v) is 13.0. The molecule has 0 amide bonds. The fourth-order valence-electron chi connectivity index (χ4n) is 13.0. The van der Waals surface area contributed by atoms with E-state index in [4.69, 9.17) is 80.5 Å². The number of aliphatic hydroxyl groups excluding tert-OH is 29. The van der Waals surface area contributed by atoms with E-state index in [0.29, 0.717) is 0 Å². The summed E-state index contributed by atoms with van der Waals surface area (Å²) in [5, 5.41) is 311. The van der Waals surface area contributed by atoms with Crippen LogP contribution in [0.3, 0.4) is 0 Å². The van der Waals surface area contributed by atoms with E-state index < -0.39 is 336 Å². The smallest absolute Gasteiger partial charge is 0.187 e. The first-order chi connectivity index (χ1) is 47.5. The Bertz CT molecular complexity index is 2440. The Morgan fingerprint density at radius 1 is 0.150 bits per heavy atom. The molecule has 9 aliphatic rings. The summed E-state index contributed by atoms with van der Waals surface area (Å²) in [4.78, 5) is 0. The van der Waals surface area contributed by atoms with Crippen molar-refractivity contribution in [3.8, 4) is 0 Å². The van der Waals surface area contributed by atoms with Crippen LogP contribution in [-0.2, 0) is 80.5 Å². The summed E-state index contributed by atoms with van der Waals surface area (Å²) in [6.45, 7) is -9.29. The van der Waals surface area contributed by atoms with Crippen LogP contribution in [0, 0.1) is 0 Å². The van der Waals surface area contributed by atoms with Gasteiger partial charge in [-0.2, -0.15) is 0 Å². The van der Waals surface area contributed by atoms with Crippen LogP contribution >= 0.6 is 0 Å². The van der Waals surface area contributed by atoms with Gasteiger partial charge in [-0.25, -0.2) is 0 Å². The molecule has 9 aliphatic heterocycles. The Hall–Kier alpha value is -1.84. The molecular weight excluding hydrogens is 1380 g/mol. The summed E-state index contributed by atoms with van der Waals surface area (Å²) in [5.41, 5.74) is 0. The van der Waals surface area contributed by atoms with Crippen molar-refractivity contribution < 1.29 is 229 Å². The van der Waals surface area contributed by atoms with E-state index in [2.05, 4.69) is 0 Å². The van der Waals surface area contributed by atoms with E-state index in [1.807, 2.05) is 0 Å². The van der Waals surface area contributed by atoms with Crippen molar-refractivity contribution >= 4 is 0 Å². The predicted molar refractivity (Wildman–Crippen MR) is 297 cm³/mol. The van der Waals surface area contributed by atoms with Gasteiger partial charge in [-0.3, -0.25) is 0 Å². The molecule has 46 heteroatoms. The lowest BCUT2D eigenvalue weighted by Gasteiger charge is -2.50. The molecule has 46 nitrogen and oxygen atoms in total.